The van der Waals surface area contributed by atoms with Crippen LogP contribution >= 0.6 is 0 Å². The quantitative estimate of drug-likeness (QED) is 0.865. The van der Waals surface area contributed by atoms with Gasteiger partial charge in [-0.05, 0) is 41.9 Å². The van der Waals surface area contributed by atoms with Crippen LogP contribution in [0.1, 0.15) is 53.5 Å². The summed E-state index contributed by atoms with van der Waals surface area (Å²) in [4.78, 5) is 0. The summed E-state index contributed by atoms with van der Waals surface area (Å²) >= 11 is 0. The summed E-state index contributed by atoms with van der Waals surface area (Å²) in [6, 6.07) is 8.24. The molecule has 1 aromatic rings. The Morgan fingerprint density at radius 2 is 1.58 bits per heavy atom. The molecule has 19 heavy (non-hydrogen) atoms. The molecule has 0 aliphatic carbocycles. The molecule has 1 aromatic carbocycles. The van der Waals surface area contributed by atoms with E-state index in [9.17, 15) is 0 Å². The van der Waals surface area contributed by atoms with Crippen LogP contribution in [-0.2, 0) is 5.41 Å². The van der Waals surface area contributed by atoms with Gasteiger partial charge in [0.2, 0.25) is 0 Å². The SMILES string of the molecule is CC(CO)Oc1ccc(C(C)(C)CC(C)(C)C)cc1. The fourth-order valence-electron chi connectivity index (χ4n) is 2.68. The molecule has 1 rings (SSSR count). The van der Waals surface area contributed by atoms with E-state index in [1.54, 1.807) is 0 Å². The summed E-state index contributed by atoms with van der Waals surface area (Å²) in [5.41, 5.74) is 1.79. The van der Waals surface area contributed by atoms with Crippen molar-refractivity contribution >= 4 is 0 Å². The highest BCUT2D eigenvalue weighted by Gasteiger charge is 2.27. The van der Waals surface area contributed by atoms with Crippen LogP contribution in [0.15, 0.2) is 24.3 Å². The highest BCUT2D eigenvalue weighted by molar-refractivity contribution is 5.31. The molecule has 2 nitrogen and oxygen atoms in total. The smallest absolute Gasteiger partial charge is 0.119 e. The van der Waals surface area contributed by atoms with Gasteiger partial charge >= 0.3 is 0 Å². The molecule has 2 heteroatoms. The number of ether oxygens (including phenoxy) is 1. The van der Waals surface area contributed by atoms with Gasteiger partial charge in [0.1, 0.15) is 11.9 Å². The highest BCUT2D eigenvalue weighted by Crippen LogP contribution is 2.36. The number of hydrogen-bond acceptors (Lipinski definition) is 2. The van der Waals surface area contributed by atoms with Gasteiger partial charge in [-0.2, -0.15) is 0 Å². The Labute approximate surface area is 117 Å². The van der Waals surface area contributed by atoms with Crippen molar-refractivity contribution in [1.29, 1.82) is 0 Å². The lowest BCUT2D eigenvalue weighted by Gasteiger charge is -2.33. The normalized spacial score (nSPS) is 14.3. The largest absolute Gasteiger partial charge is 0.488 e. The molecule has 1 N–H and O–H groups in total. The molecule has 108 valence electrons. The molecule has 0 aromatic heterocycles. The van der Waals surface area contributed by atoms with Gasteiger partial charge in [-0.1, -0.05) is 46.8 Å². The molecular formula is C17H28O2. The Hall–Kier alpha value is -1.02. The Kier molecular flexibility index (Phi) is 5.03. The molecular weight excluding hydrogens is 236 g/mol. The molecule has 0 bridgehead atoms. The first-order valence-electron chi connectivity index (χ1n) is 7.02. The second-order valence-corrected chi connectivity index (χ2v) is 7.26. The van der Waals surface area contributed by atoms with Crippen LogP contribution in [0, 0.1) is 5.41 Å². The van der Waals surface area contributed by atoms with Gasteiger partial charge in [-0.3, -0.25) is 0 Å². The number of hydrogen-bond donors (Lipinski definition) is 1. The molecule has 0 amide bonds. The zero-order valence-electron chi connectivity index (χ0n) is 13.2. The summed E-state index contributed by atoms with van der Waals surface area (Å²) in [6.07, 6.45) is 0.973. The van der Waals surface area contributed by atoms with E-state index < -0.39 is 0 Å². The Balaban J connectivity index is 2.80. The van der Waals surface area contributed by atoms with Gasteiger partial charge in [0.25, 0.3) is 0 Å². The van der Waals surface area contributed by atoms with E-state index in [1.165, 1.54) is 5.56 Å². The minimum atomic E-state index is -0.159. The standard InChI is InChI=1S/C17H28O2/c1-13(11-18)19-15-9-7-14(8-10-15)17(5,6)12-16(2,3)4/h7-10,13,18H,11-12H2,1-6H3. The molecule has 0 spiro atoms. The summed E-state index contributed by atoms with van der Waals surface area (Å²) in [5, 5.41) is 8.98. The minimum absolute atomic E-state index is 0.0390. The van der Waals surface area contributed by atoms with Crippen molar-refractivity contribution < 1.29 is 9.84 Å². The zero-order chi connectivity index (χ0) is 14.7. The molecule has 0 fully saturated rings. The van der Waals surface area contributed by atoms with Crippen molar-refractivity contribution in [3.63, 3.8) is 0 Å². The summed E-state index contributed by atoms with van der Waals surface area (Å²) < 4.78 is 5.58. The van der Waals surface area contributed by atoms with Crippen LogP contribution < -0.4 is 4.74 Å². The van der Waals surface area contributed by atoms with E-state index in [-0.39, 0.29) is 18.1 Å². The monoisotopic (exact) mass is 264 g/mol. The first-order chi connectivity index (χ1) is 8.64. The molecule has 0 aliphatic heterocycles. The van der Waals surface area contributed by atoms with Crippen molar-refractivity contribution in [3.05, 3.63) is 29.8 Å². The second kappa shape index (κ2) is 5.96. The molecule has 0 radical (unpaired) electrons. The third-order valence-electron chi connectivity index (χ3n) is 3.20. The highest BCUT2D eigenvalue weighted by atomic mass is 16.5. The van der Waals surface area contributed by atoms with Crippen LogP contribution in [0.3, 0.4) is 0 Å². The predicted molar refractivity (Wildman–Crippen MR) is 80.7 cm³/mol. The third-order valence-corrected chi connectivity index (χ3v) is 3.20. The molecule has 0 saturated heterocycles. The van der Waals surface area contributed by atoms with Gasteiger partial charge in [0.15, 0.2) is 0 Å². The Morgan fingerprint density at radius 3 is 2.00 bits per heavy atom. The van der Waals surface area contributed by atoms with Crippen LogP contribution in [-0.4, -0.2) is 17.8 Å². The van der Waals surface area contributed by atoms with Gasteiger partial charge < -0.3 is 9.84 Å². The van der Waals surface area contributed by atoms with Crippen molar-refractivity contribution in [2.45, 2.75) is 59.5 Å². The number of rotatable bonds is 5. The van der Waals surface area contributed by atoms with E-state index >= 15 is 0 Å². The topological polar surface area (TPSA) is 29.5 Å². The van der Waals surface area contributed by atoms with Crippen molar-refractivity contribution in [2.24, 2.45) is 5.41 Å². The minimum Gasteiger partial charge on any atom is -0.488 e. The second-order valence-electron chi connectivity index (χ2n) is 7.26. The molecule has 0 heterocycles. The van der Waals surface area contributed by atoms with E-state index in [1.807, 2.05) is 19.1 Å². The first kappa shape index (κ1) is 16.0. The van der Waals surface area contributed by atoms with E-state index in [2.05, 4.69) is 46.8 Å². The zero-order valence-corrected chi connectivity index (χ0v) is 13.2. The summed E-state index contributed by atoms with van der Waals surface area (Å²) in [6.45, 7) is 13.3. The summed E-state index contributed by atoms with van der Waals surface area (Å²) in [5.74, 6) is 0.817. The van der Waals surface area contributed by atoms with Crippen LogP contribution in [0.25, 0.3) is 0 Å². The first-order valence-corrected chi connectivity index (χ1v) is 7.02. The average Bonchev–Trinajstić information content (AvgIpc) is 2.26. The number of aliphatic hydroxyl groups is 1. The lowest BCUT2D eigenvalue weighted by Crippen LogP contribution is -2.24. The van der Waals surface area contributed by atoms with Crippen molar-refractivity contribution in [1.82, 2.24) is 0 Å². The van der Waals surface area contributed by atoms with E-state index in [4.69, 9.17) is 9.84 Å². The van der Waals surface area contributed by atoms with E-state index in [0.29, 0.717) is 5.41 Å². The molecule has 1 atom stereocenters. The third kappa shape index (κ3) is 5.23. The molecule has 1 unspecified atom stereocenters. The van der Waals surface area contributed by atoms with Gasteiger partial charge in [-0.15, -0.1) is 0 Å². The maximum Gasteiger partial charge on any atom is 0.119 e. The summed E-state index contributed by atoms with van der Waals surface area (Å²) in [7, 11) is 0. The fourth-order valence-corrected chi connectivity index (χ4v) is 2.68. The number of benzene rings is 1. The maximum absolute atomic E-state index is 8.98. The number of aliphatic hydroxyl groups excluding tert-OH is 1. The predicted octanol–water partition coefficient (Wildman–Crippen LogP) is 4.16. The van der Waals surface area contributed by atoms with Crippen molar-refractivity contribution in [2.75, 3.05) is 6.61 Å². The van der Waals surface area contributed by atoms with E-state index in [0.717, 1.165) is 12.2 Å². The lowest BCUT2D eigenvalue weighted by molar-refractivity contribution is 0.129. The molecule has 0 saturated carbocycles. The van der Waals surface area contributed by atoms with Gasteiger partial charge in [0, 0.05) is 0 Å². The average molecular weight is 264 g/mol. The maximum atomic E-state index is 8.98. The lowest BCUT2D eigenvalue weighted by atomic mass is 9.72. The van der Waals surface area contributed by atoms with Crippen LogP contribution in [0.4, 0.5) is 0 Å². The van der Waals surface area contributed by atoms with Gasteiger partial charge in [0.05, 0.1) is 6.61 Å². The Morgan fingerprint density at radius 1 is 1.05 bits per heavy atom. The van der Waals surface area contributed by atoms with Crippen LogP contribution in [0.5, 0.6) is 5.75 Å². The Bertz CT molecular complexity index is 385. The van der Waals surface area contributed by atoms with Crippen LogP contribution in [0.2, 0.25) is 0 Å². The molecule has 0 aliphatic rings. The van der Waals surface area contributed by atoms with Crippen molar-refractivity contribution in [3.8, 4) is 5.75 Å². The van der Waals surface area contributed by atoms with Gasteiger partial charge in [-0.25, -0.2) is 0 Å². The fraction of sp³-hybridized carbons (Fsp3) is 0.647.